The molecule has 0 bridgehead atoms. The van der Waals surface area contributed by atoms with E-state index in [1.54, 1.807) is 24.3 Å². The van der Waals surface area contributed by atoms with Gasteiger partial charge in [-0.1, -0.05) is 133 Å². The number of fused-ring (bicyclic) bond motifs is 3. The highest BCUT2D eigenvalue weighted by Gasteiger charge is 2.27. The van der Waals surface area contributed by atoms with Crippen LogP contribution in [0.4, 0.5) is 5.69 Å². The molecule has 0 aliphatic rings. The Bertz CT molecular complexity index is 3040. The van der Waals surface area contributed by atoms with Crippen molar-refractivity contribution in [3.8, 4) is 62.3 Å². The summed E-state index contributed by atoms with van der Waals surface area (Å²) in [6.45, 7) is 1.90. The van der Waals surface area contributed by atoms with Gasteiger partial charge in [-0.25, -0.2) is 4.90 Å². The van der Waals surface area contributed by atoms with Crippen LogP contribution in [0.3, 0.4) is 0 Å². The van der Waals surface area contributed by atoms with E-state index in [2.05, 4.69) is 53.1 Å². The molecule has 1 heterocycles. The van der Waals surface area contributed by atoms with E-state index in [-0.39, 0.29) is 0 Å². The largest absolute Gasteiger partial charge is 0.308 e. The Morgan fingerprint density at radius 2 is 1.00 bits per heavy atom. The third-order valence-electron chi connectivity index (χ3n) is 10.9. The monoisotopic (exact) mass is 758 g/mol. The number of anilines is 1. The number of aryl methyl sites for hydroxylation is 1. The van der Waals surface area contributed by atoms with Crippen LogP contribution in [0.2, 0.25) is 0 Å². The minimum atomic E-state index is -0.461. The van der Waals surface area contributed by atoms with Gasteiger partial charge in [-0.2, -0.15) is 10.5 Å². The van der Waals surface area contributed by atoms with Gasteiger partial charge in [-0.05, 0) is 100.0 Å². The molecule has 278 valence electrons. The number of rotatable bonds is 8. The molecule has 9 rings (SSSR count). The summed E-state index contributed by atoms with van der Waals surface area (Å²) in [6.07, 6.45) is 0.618. The lowest BCUT2D eigenvalue weighted by Gasteiger charge is -2.23. The summed E-state index contributed by atoms with van der Waals surface area (Å²) in [5, 5.41) is 20.9. The molecule has 1 aromatic heterocycles. The van der Waals surface area contributed by atoms with Gasteiger partial charge in [-0.3, -0.25) is 9.59 Å². The normalized spacial score (nSPS) is 10.9. The van der Waals surface area contributed by atoms with Crippen LogP contribution in [0, 0.1) is 29.6 Å². The zero-order valence-electron chi connectivity index (χ0n) is 32.0. The van der Waals surface area contributed by atoms with Crippen molar-refractivity contribution in [3.63, 3.8) is 0 Å². The van der Waals surface area contributed by atoms with Crippen LogP contribution in [0.25, 0.3) is 72.0 Å². The summed E-state index contributed by atoms with van der Waals surface area (Å²) in [7, 11) is 0. The van der Waals surface area contributed by atoms with Gasteiger partial charge in [0.15, 0.2) is 0 Å². The molecule has 0 spiro atoms. The zero-order valence-corrected chi connectivity index (χ0v) is 32.0. The van der Waals surface area contributed by atoms with Gasteiger partial charge in [0.25, 0.3) is 5.91 Å². The summed E-state index contributed by atoms with van der Waals surface area (Å²) >= 11 is 0. The molecule has 0 saturated heterocycles. The van der Waals surface area contributed by atoms with Gasteiger partial charge in [0.05, 0.1) is 51.2 Å². The number of amides is 2. The Balaban J connectivity index is 1.28. The summed E-state index contributed by atoms with van der Waals surface area (Å²) in [5.74, 6) is -0.461. The van der Waals surface area contributed by atoms with Crippen LogP contribution < -0.4 is 4.90 Å². The van der Waals surface area contributed by atoms with Crippen LogP contribution in [0.5, 0.6) is 0 Å². The SMILES string of the molecule is Cc1cccc(-n2c3cc(-c4ccc(C#N)cc4)ccc3c3ccc(-c4ccc(C#N)cc4)cc32)c1C(=O)N(C=O)c1cc(-c2ccccc2)ccc1-c1ccccc1. The Hall–Kier alpha value is -8.32. The minimum absolute atomic E-state index is 0.384. The molecule has 0 unspecified atom stereocenters. The fourth-order valence-corrected chi connectivity index (χ4v) is 7.97. The average molecular weight is 759 g/mol. The first-order valence-corrected chi connectivity index (χ1v) is 19.2. The summed E-state index contributed by atoms with van der Waals surface area (Å²) in [6, 6.07) is 63.3. The average Bonchev–Trinajstić information content (AvgIpc) is 3.62. The highest BCUT2D eigenvalue weighted by atomic mass is 16.2. The Morgan fingerprint density at radius 1 is 0.525 bits per heavy atom. The number of carbonyl (C=O) groups excluding carboxylic acids is 2. The lowest BCUT2D eigenvalue weighted by atomic mass is 9.97. The number of nitrogens with zero attached hydrogens (tertiary/aromatic N) is 4. The van der Waals surface area contributed by atoms with Crippen molar-refractivity contribution in [1.29, 1.82) is 10.5 Å². The highest BCUT2D eigenvalue weighted by Crippen LogP contribution is 2.40. The molecule has 0 saturated carbocycles. The van der Waals surface area contributed by atoms with Crippen LogP contribution in [0.15, 0.2) is 182 Å². The van der Waals surface area contributed by atoms with E-state index in [0.29, 0.717) is 40.0 Å². The van der Waals surface area contributed by atoms with E-state index in [9.17, 15) is 15.3 Å². The zero-order chi connectivity index (χ0) is 40.5. The van der Waals surface area contributed by atoms with Gasteiger partial charge in [-0.15, -0.1) is 0 Å². The molecule has 6 heteroatoms. The molecule has 9 aromatic rings. The maximum Gasteiger partial charge on any atom is 0.267 e. The van der Waals surface area contributed by atoms with E-state index in [1.807, 2.05) is 128 Å². The third kappa shape index (κ3) is 6.61. The van der Waals surface area contributed by atoms with E-state index in [4.69, 9.17) is 0 Å². The smallest absolute Gasteiger partial charge is 0.267 e. The van der Waals surface area contributed by atoms with E-state index in [1.165, 1.54) is 4.90 Å². The predicted molar refractivity (Wildman–Crippen MR) is 236 cm³/mol. The number of carbonyl (C=O) groups is 2. The molecule has 0 fully saturated rings. The van der Waals surface area contributed by atoms with Crippen molar-refractivity contribution < 1.29 is 9.59 Å². The molecule has 6 nitrogen and oxygen atoms in total. The van der Waals surface area contributed by atoms with Crippen molar-refractivity contribution in [1.82, 2.24) is 4.57 Å². The van der Waals surface area contributed by atoms with Gasteiger partial charge in [0.1, 0.15) is 0 Å². The maximum atomic E-state index is 15.3. The van der Waals surface area contributed by atoms with E-state index < -0.39 is 5.91 Å². The van der Waals surface area contributed by atoms with Gasteiger partial charge in [0, 0.05) is 16.3 Å². The number of benzene rings is 8. The topological polar surface area (TPSA) is 89.9 Å². The van der Waals surface area contributed by atoms with Crippen molar-refractivity contribution in [3.05, 3.63) is 204 Å². The predicted octanol–water partition coefficient (Wildman–Crippen LogP) is 12.3. The van der Waals surface area contributed by atoms with Crippen molar-refractivity contribution >= 4 is 39.8 Å². The van der Waals surface area contributed by atoms with Crippen molar-refractivity contribution in [2.24, 2.45) is 0 Å². The molecule has 8 aromatic carbocycles. The minimum Gasteiger partial charge on any atom is -0.308 e. The van der Waals surface area contributed by atoms with E-state index in [0.717, 1.165) is 66.3 Å². The van der Waals surface area contributed by atoms with Crippen LogP contribution in [0.1, 0.15) is 27.0 Å². The number of nitriles is 2. The van der Waals surface area contributed by atoms with Gasteiger partial charge in [0.2, 0.25) is 6.41 Å². The van der Waals surface area contributed by atoms with Crippen molar-refractivity contribution in [2.75, 3.05) is 4.90 Å². The van der Waals surface area contributed by atoms with Crippen LogP contribution in [-0.4, -0.2) is 16.9 Å². The molecule has 0 aliphatic heterocycles. The number of hydrogen-bond donors (Lipinski definition) is 0. The molecule has 0 N–H and O–H groups in total. The summed E-state index contributed by atoms with van der Waals surface area (Å²) in [5.41, 5.74) is 12.3. The van der Waals surface area contributed by atoms with Gasteiger partial charge >= 0.3 is 0 Å². The Kier molecular flexibility index (Phi) is 9.43. The second kappa shape index (κ2) is 15.3. The van der Waals surface area contributed by atoms with Crippen LogP contribution in [-0.2, 0) is 4.79 Å². The molecule has 0 radical (unpaired) electrons. The summed E-state index contributed by atoms with van der Waals surface area (Å²) in [4.78, 5) is 30.0. The molecule has 2 amide bonds. The fourth-order valence-electron chi connectivity index (χ4n) is 7.97. The van der Waals surface area contributed by atoms with Crippen LogP contribution >= 0.6 is 0 Å². The lowest BCUT2D eigenvalue weighted by Crippen LogP contribution is -2.31. The van der Waals surface area contributed by atoms with Gasteiger partial charge < -0.3 is 4.57 Å². The number of imide groups is 1. The van der Waals surface area contributed by atoms with Crippen molar-refractivity contribution in [2.45, 2.75) is 6.92 Å². The number of aromatic nitrogens is 1. The fraction of sp³-hybridized carbons (Fsp3) is 0.0189. The van der Waals surface area contributed by atoms with E-state index >= 15 is 4.79 Å². The summed E-state index contributed by atoms with van der Waals surface area (Å²) < 4.78 is 2.12. The molecule has 59 heavy (non-hydrogen) atoms. The Morgan fingerprint density at radius 3 is 1.53 bits per heavy atom. The maximum absolute atomic E-state index is 15.3. The standard InChI is InChI=1S/C53H34N4O2/c1-35-9-8-14-48(52(35)53(59)56(34-58)49-29-42(38-10-4-2-5-11-38)23-26-45(49)41-12-6-3-7-13-41)57-50-30-43(39-19-15-36(32-54)16-20-39)24-27-46(50)47-28-25-44(31-51(47)57)40-21-17-37(33-55)18-22-40/h2-31,34H,1H3. The molecular weight excluding hydrogens is 725 g/mol. The second-order valence-electron chi connectivity index (χ2n) is 14.4. The second-order valence-corrected chi connectivity index (χ2v) is 14.4. The first kappa shape index (κ1) is 36.3. The number of hydrogen-bond acceptors (Lipinski definition) is 4. The molecule has 0 aliphatic carbocycles. The molecular formula is C53H34N4O2. The highest BCUT2D eigenvalue weighted by molar-refractivity contribution is 6.20. The first-order chi connectivity index (χ1) is 28.9. The first-order valence-electron chi connectivity index (χ1n) is 19.2. The Labute approximate surface area is 341 Å². The third-order valence-corrected chi connectivity index (χ3v) is 10.9. The quantitative estimate of drug-likeness (QED) is 0.144. The lowest BCUT2D eigenvalue weighted by molar-refractivity contribution is -0.106. The molecule has 0 atom stereocenters.